The number of aromatic nitrogens is 2. The average molecular weight is 372 g/mol. The minimum absolute atomic E-state index is 0.124. The minimum atomic E-state index is -4.92. The summed E-state index contributed by atoms with van der Waals surface area (Å²) in [5, 5.41) is 4.65. The standard InChI is InChI=1S/C13H8ClF6N3O/c1-23-10(14)8(9(22-23)13(18,19)20)11(24)21-7-4-2-6(3-5-7)12(15,16)17/h2-5H,1H3,(H,21,24). The van der Waals surface area contributed by atoms with Gasteiger partial charge in [-0.25, -0.2) is 0 Å². The topological polar surface area (TPSA) is 46.9 Å². The molecule has 1 N–H and O–H groups in total. The number of anilines is 1. The third kappa shape index (κ3) is 3.64. The van der Waals surface area contributed by atoms with Gasteiger partial charge in [0.2, 0.25) is 0 Å². The molecule has 24 heavy (non-hydrogen) atoms. The second-order valence-corrected chi connectivity index (χ2v) is 5.02. The normalized spacial score (nSPS) is 12.3. The van der Waals surface area contributed by atoms with E-state index in [0.29, 0.717) is 16.8 Å². The monoisotopic (exact) mass is 371 g/mol. The third-order valence-corrected chi connectivity index (χ3v) is 3.38. The van der Waals surface area contributed by atoms with Crippen molar-refractivity contribution in [3.63, 3.8) is 0 Å². The molecular formula is C13H8ClF6N3O. The first-order valence-electron chi connectivity index (χ1n) is 6.19. The molecule has 1 aromatic carbocycles. The molecule has 0 bridgehead atoms. The average Bonchev–Trinajstić information content (AvgIpc) is 2.74. The van der Waals surface area contributed by atoms with E-state index in [1.165, 1.54) is 0 Å². The molecule has 0 aliphatic rings. The van der Waals surface area contributed by atoms with Crippen LogP contribution in [0, 0.1) is 0 Å². The number of hydrogen-bond acceptors (Lipinski definition) is 2. The second kappa shape index (κ2) is 6.00. The minimum Gasteiger partial charge on any atom is -0.322 e. The summed E-state index contributed by atoms with van der Waals surface area (Å²) in [6.45, 7) is 0. The number of carbonyl (C=O) groups is 1. The van der Waals surface area contributed by atoms with E-state index >= 15 is 0 Å². The maximum Gasteiger partial charge on any atom is 0.436 e. The Morgan fingerprint density at radius 2 is 1.62 bits per heavy atom. The highest BCUT2D eigenvalue weighted by atomic mass is 35.5. The van der Waals surface area contributed by atoms with Gasteiger partial charge in [-0.2, -0.15) is 31.4 Å². The molecule has 0 atom stereocenters. The molecule has 130 valence electrons. The summed E-state index contributed by atoms with van der Waals surface area (Å²) in [6, 6.07) is 3.20. The van der Waals surface area contributed by atoms with Gasteiger partial charge in [0, 0.05) is 12.7 Å². The van der Waals surface area contributed by atoms with Gasteiger partial charge in [0.25, 0.3) is 5.91 Å². The highest BCUT2D eigenvalue weighted by Gasteiger charge is 2.41. The van der Waals surface area contributed by atoms with Crippen molar-refractivity contribution in [1.82, 2.24) is 9.78 Å². The van der Waals surface area contributed by atoms with Gasteiger partial charge in [-0.15, -0.1) is 0 Å². The van der Waals surface area contributed by atoms with Crippen LogP contribution in [-0.4, -0.2) is 15.7 Å². The van der Waals surface area contributed by atoms with Crippen molar-refractivity contribution in [2.45, 2.75) is 12.4 Å². The second-order valence-electron chi connectivity index (χ2n) is 4.67. The van der Waals surface area contributed by atoms with Gasteiger partial charge >= 0.3 is 12.4 Å². The fraction of sp³-hybridized carbons (Fsp3) is 0.231. The zero-order valence-corrected chi connectivity index (χ0v) is 12.5. The molecule has 0 aliphatic carbocycles. The molecular weight excluding hydrogens is 364 g/mol. The van der Waals surface area contributed by atoms with Gasteiger partial charge in [0.1, 0.15) is 10.7 Å². The third-order valence-electron chi connectivity index (χ3n) is 2.94. The first-order chi connectivity index (χ1) is 10.9. The summed E-state index contributed by atoms with van der Waals surface area (Å²) in [7, 11) is 1.12. The van der Waals surface area contributed by atoms with Crippen LogP contribution in [0.2, 0.25) is 5.15 Å². The van der Waals surface area contributed by atoms with Crippen LogP contribution in [0.5, 0.6) is 0 Å². The van der Waals surface area contributed by atoms with Crippen molar-refractivity contribution < 1.29 is 31.1 Å². The molecule has 1 amide bonds. The van der Waals surface area contributed by atoms with Crippen molar-refractivity contribution in [3.05, 3.63) is 46.2 Å². The largest absolute Gasteiger partial charge is 0.436 e. The van der Waals surface area contributed by atoms with Gasteiger partial charge in [-0.05, 0) is 24.3 Å². The van der Waals surface area contributed by atoms with Crippen molar-refractivity contribution in [2.24, 2.45) is 7.05 Å². The smallest absolute Gasteiger partial charge is 0.322 e. The lowest BCUT2D eigenvalue weighted by molar-refractivity contribution is -0.141. The van der Waals surface area contributed by atoms with Crippen molar-refractivity contribution in [3.8, 4) is 0 Å². The first-order valence-corrected chi connectivity index (χ1v) is 6.57. The van der Waals surface area contributed by atoms with E-state index in [1.807, 2.05) is 0 Å². The lowest BCUT2D eigenvalue weighted by atomic mass is 10.2. The Balaban J connectivity index is 2.31. The number of aryl methyl sites for hydroxylation is 1. The molecule has 1 aromatic heterocycles. The Labute approximate surface area is 136 Å². The molecule has 0 aliphatic heterocycles. The fourth-order valence-electron chi connectivity index (χ4n) is 1.84. The Morgan fingerprint density at radius 1 is 1.08 bits per heavy atom. The molecule has 2 aromatic rings. The predicted molar refractivity (Wildman–Crippen MR) is 72.6 cm³/mol. The highest BCUT2D eigenvalue weighted by molar-refractivity contribution is 6.33. The van der Waals surface area contributed by atoms with Crippen LogP contribution in [-0.2, 0) is 19.4 Å². The number of hydrogen-bond donors (Lipinski definition) is 1. The van der Waals surface area contributed by atoms with E-state index in [0.717, 1.165) is 19.2 Å². The maximum absolute atomic E-state index is 12.9. The van der Waals surface area contributed by atoms with E-state index in [2.05, 4.69) is 10.4 Å². The van der Waals surface area contributed by atoms with E-state index in [-0.39, 0.29) is 5.69 Å². The summed E-state index contributed by atoms with van der Waals surface area (Å²) >= 11 is 5.66. The Morgan fingerprint density at radius 3 is 2.08 bits per heavy atom. The highest BCUT2D eigenvalue weighted by Crippen LogP contribution is 2.35. The number of rotatable bonds is 2. The summed E-state index contributed by atoms with van der Waals surface area (Å²) < 4.78 is 76.7. The van der Waals surface area contributed by atoms with Crippen LogP contribution in [0.4, 0.5) is 32.0 Å². The Hall–Kier alpha value is -2.23. The Bertz CT molecular complexity index is 764. The number of nitrogens with one attached hydrogen (secondary N) is 1. The van der Waals surface area contributed by atoms with Crippen LogP contribution < -0.4 is 5.32 Å². The summed E-state index contributed by atoms with van der Waals surface area (Å²) in [4.78, 5) is 12.0. The number of halogens is 7. The molecule has 0 saturated heterocycles. The van der Waals surface area contributed by atoms with Crippen molar-refractivity contribution in [1.29, 1.82) is 0 Å². The van der Waals surface area contributed by atoms with Crippen LogP contribution in [0.3, 0.4) is 0 Å². The molecule has 0 unspecified atom stereocenters. The van der Waals surface area contributed by atoms with E-state index in [4.69, 9.17) is 11.6 Å². The van der Waals surface area contributed by atoms with Gasteiger partial charge in [0.15, 0.2) is 5.69 Å². The summed E-state index contributed by atoms with van der Waals surface area (Å²) in [5.74, 6) is -1.24. The molecule has 2 rings (SSSR count). The number of nitrogens with zero attached hydrogens (tertiary/aromatic N) is 2. The SMILES string of the molecule is Cn1nc(C(F)(F)F)c(C(=O)Nc2ccc(C(F)(F)F)cc2)c1Cl. The quantitative estimate of drug-likeness (QED) is 0.797. The van der Waals surface area contributed by atoms with E-state index in [1.54, 1.807) is 0 Å². The van der Waals surface area contributed by atoms with E-state index in [9.17, 15) is 31.1 Å². The number of alkyl halides is 6. The molecule has 0 saturated carbocycles. The molecule has 0 spiro atoms. The van der Waals surface area contributed by atoms with Gasteiger partial charge in [-0.1, -0.05) is 11.6 Å². The van der Waals surface area contributed by atoms with E-state index < -0.39 is 40.2 Å². The molecule has 4 nitrogen and oxygen atoms in total. The summed E-state index contributed by atoms with van der Waals surface area (Å²) in [5.41, 5.74) is -3.48. The number of amides is 1. The van der Waals surface area contributed by atoms with Crippen molar-refractivity contribution >= 4 is 23.2 Å². The molecule has 0 fully saturated rings. The van der Waals surface area contributed by atoms with Gasteiger partial charge < -0.3 is 5.32 Å². The van der Waals surface area contributed by atoms with Crippen LogP contribution >= 0.6 is 11.6 Å². The first kappa shape index (κ1) is 18.1. The Kier molecular flexibility index (Phi) is 4.53. The zero-order chi connectivity index (χ0) is 18.3. The number of carbonyl (C=O) groups excluding carboxylic acids is 1. The fourth-order valence-corrected chi connectivity index (χ4v) is 2.05. The molecule has 1 heterocycles. The van der Waals surface area contributed by atoms with Crippen LogP contribution in [0.25, 0.3) is 0 Å². The van der Waals surface area contributed by atoms with Gasteiger partial charge in [0.05, 0.1) is 5.56 Å². The van der Waals surface area contributed by atoms with Crippen LogP contribution in [0.1, 0.15) is 21.6 Å². The zero-order valence-electron chi connectivity index (χ0n) is 11.8. The lowest BCUT2D eigenvalue weighted by Crippen LogP contribution is -2.18. The summed E-state index contributed by atoms with van der Waals surface area (Å²) in [6.07, 6.45) is -9.49. The van der Waals surface area contributed by atoms with Crippen LogP contribution in [0.15, 0.2) is 24.3 Å². The van der Waals surface area contributed by atoms with Crippen molar-refractivity contribution in [2.75, 3.05) is 5.32 Å². The maximum atomic E-state index is 12.9. The number of benzene rings is 1. The molecule has 11 heteroatoms. The molecule has 0 radical (unpaired) electrons. The predicted octanol–water partition coefficient (Wildman–Crippen LogP) is 4.36. The van der Waals surface area contributed by atoms with Gasteiger partial charge in [-0.3, -0.25) is 9.48 Å². The lowest BCUT2D eigenvalue weighted by Gasteiger charge is -2.10.